The molecule has 0 saturated carbocycles. The van der Waals surface area contributed by atoms with Gasteiger partial charge in [0.05, 0.1) is 12.3 Å². The predicted octanol–water partition coefficient (Wildman–Crippen LogP) is 2.39. The first-order chi connectivity index (χ1) is 9.56. The maximum absolute atomic E-state index is 5.62. The van der Waals surface area contributed by atoms with Crippen LogP contribution in [0.3, 0.4) is 0 Å². The number of hydrogen-bond donors (Lipinski definition) is 2. The van der Waals surface area contributed by atoms with E-state index in [2.05, 4.69) is 42.4 Å². The molecule has 1 aromatic rings. The average molecular weight is 279 g/mol. The molecule has 1 saturated heterocycles. The smallest absolute Gasteiger partial charge is 0.122 e. The molecule has 0 bridgehead atoms. The fourth-order valence-corrected chi connectivity index (χ4v) is 2.71. The van der Waals surface area contributed by atoms with Crippen molar-refractivity contribution in [3.05, 3.63) is 24.2 Å². The Morgan fingerprint density at radius 3 is 2.60 bits per heavy atom. The molecule has 2 heterocycles. The van der Waals surface area contributed by atoms with Crippen LogP contribution in [0.25, 0.3) is 0 Å². The summed E-state index contributed by atoms with van der Waals surface area (Å²) >= 11 is 0. The highest BCUT2D eigenvalue weighted by Crippen LogP contribution is 2.24. The number of rotatable bonds is 7. The molecule has 1 unspecified atom stereocenters. The third-order valence-corrected chi connectivity index (χ3v) is 3.75. The third kappa shape index (κ3) is 4.93. The summed E-state index contributed by atoms with van der Waals surface area (Å²) in [7, 11) is 0. The van der Waals surface area contributed by atoms with E-state index in [-0.39, 0.29) is 5.54 Å². The van der Waals surface area contributed by atoms with E-state index in [4.69, 9.17) is 4.42 Å². The second-order valence-corrected chi connectivity index (χ2v) is 6.66. The minimum Gasteiger partial charge on any atom is -0.468 e. The van der Waals surface area contributed by atoms with Crippen LogP contribution in [0.5, 0.6) is 0 Å². The monoisotopic (exact) mass is 279 g/mol. The molecule has 0 aliphatic carbocycles. The Balaban J connectivity index is 1.77. The Morgan fingerprint density at radius 1 is 1.25 bits per heavy atom. The SMILES string of the molecule is CC(C)(C)NCCNCC(c1ccco1)N1CCCC1. The van der Waals surface area contributed by atoms with E-state index in [0.29, 0.717) is 6.04 Å². The average Bonchev–Trinajstić information content (AvgIpc) is 3.05. The van der Waals surface area contributed by atoms with Gasteiger partial charge in [-0.3, -0.25) is 4.90 Å². The van der Waals surface area contributed by atoms with Crippen LogP contribution in [-0.4, -0.2) is 43.2 Å². The Hall–Kier alpha value is -0.840. The van der Waals surface area contributed by atoms with E-state index >= 15 is 0 Å². The van der Waals surface area contributed by atoms with Crippen molar-refractivity contribution in [1.29, 1.82) is 0 Å². The van der Waals surface area contributed by atoms with Crippen molar-refractivity contribution in [1.82, 2.24) is 15.5 Å². The molecule has 1 atom stereocenters. The molecular formula is C16H29N3O. The largest absolute Gasteiger partial charge is 0.468 e. The fourth-order valence-electron chi connectivity index (χ4n) is 2.71. The summed E-state index contributed by atoms with van der Waals surface area (Å²) in [5, 5.41) is 7.06. The van der Waals surface area contributed by atoms with Crippen molar-refractivity contribution < 1.29 is 4.42 Å². The van der Waals surface area contributed by atoms with Gasteiger partial charge in [0, 0.05) is 25.2 Å². The molecule has 114 valence electrons. The molecule has 1 fully saturated rings. The summed E-state index contributed by atoms with van der Waals surface area (Å²) in [6.45, 7) is 11.9. The first-order valence-electron chi connectivity index (χ1n) is 7.79. The molecule has 0 amide bonds. The lowest BCUT2D eigenvalue weighted by Crippen LogP contribution is -2.42. The van der Waals surface area contributed by atoms with Gasteiger partial charge in [0.15, 0.2) is 0 Å². The lowest BCUT2D eigenvalue weighted by Gasteiger charge is -2.26. The van der Waals surface area contributed by atoms with Crippen LogP contribution >= 0.6 is 0 Å². The highest BCUT2D eigenvalue weighted by molar-refractivity contribution is 5.06. The highest BCUT2D eigenvalue weighted by Gasteiger charge is 2.24. The van der Waals surface area contributed by atoms with Gasteiger partial charge in [-0.15, -0.1) is 0 Å². The van der Waals surface area contributed by atoms with Gasteiger partial charge in [0.2, 0.25) is 0 Å². The molecule has 20 heavy (non-hydrogen) atoms. The first kappa shape index (κ1) is 15.5. The Morgan fingerprint density at radius 2 is 2.00 bits per heavy atom. The number of hydrogen-bond acceptors (Lipinski definition) is 4. The van der Waals surface area contributed by atoms with Gasteiger partial charge >= 0.3 is 0 Å². The zero-order valence-corrected chi connectivity index (χ0v) is 13.1. The van der Waals surface area contributed by atoms with Crippen molar-refractivity contribution in [2.24, 2.45) is 0 Å². The van der Waals surface area contributed by atoms with Gasteiger partial charge in [0.25, 0.3) is 0 Å². The normalized spacial score (nSPS) is 18.6. The van der Waals surface area contributed by atoms with E-state index < -0.39 is 0 Å². The van der Waals surface area contributed by atoms with Gasteiger partial charge in [-0.05, 0) is 58.8 Å². The van der Waals surface area contributed by atoms with Gasteiger partial charge in [-0.2, -0.15) is 0 Å². The first-order valence-corrected chi connectivity index (χ1v) is 7.79. The van der Waals surface area contributed by atoms with E-state index in [0.717, 1.165) is 25.4 Å². The van der Waals surface area contributed by atoms with Crippen LogP contribution in [0.4, 0.5) is 0 Å². The molecule has 0 spiro atoms. The number of nitrogens with zero attached hydrogens (tertiary/aromatic N) is 1. The summed E-state index contributed by atoms with van der Waals surface area (Å²) in [4.78, 5) is 2.53. The standard InChI is InChI=1S/C16H29N3O/c1-16(2,3)18-9-8-17-13-14(15-7-6-12-20-15)19-10-4-5-11-19/h6-7,12,14,17-18H,4-5,8-11,13H2,1-3H3. The number of nitrogens with one attached hydrogen (secondary N) is 2. The Kier molecular flexibility index (Phi) is 5.64. The van der Waals surface area contributed by atoms with Crippen LogP contribution < -0.4 is 10.6 Å². The second kappa shape index (κ2) is 7.25. The van der Waals surface area contributed by atoms with Gasteiger partial charge in [-0.25, -0.2) is 0 Å². The van der Waals surface area contributed by atoms with E-state index in [9.17, 15) is 0 Å². The van der Waals surface area contributed by atoms with Crippen LogP contribution in [0, 0.1) is 0 Å². The molecule has 4 nitrogen and oxygen atoms in total. The molecule has 2 N–H and O–H groups in total. The van der Waals surface area contributed by atoms with Crippen LogP contribution in [0.1, 0.15) is 45.4 Å². The maximum Gasteiger partial charge on any atom is 0.122 e. The van der Waals surface area contributed by atoms with Gasteiger partial charge < -0.3 is 15.1 Å². The van der Waals surface area contributed by atoms with Crippen LogP contribution in [-0.2, 0) is 0 Å². The lowest BCUT2D eigenvalue weighted by molar-refractivity contribution is 0.209. The van der Waals surface area contributed by atoms with Gasteiger partial charge in [0.1, 0.15) is 5.76 Å². The summed E-state index contributed by atoms with van der Waals surface area (Å²) in [5.74, 6) is 1.09. The van der Waals surface area contributed by atoms with Crippen molar-refractivity contribution in [2.75, 3.05) is 32.7 Å². The molecule has 4 heteroatoms. The predicted molar refractivity (Wildman–Crippen MR) is 82.9 cm³/mol. The van der Waals surface area contributed by atoms with Crippen molar-refractivity contribution in [3.63, 3.8) is 0 Å². The van der Waals surface area contributed by atoms with Crippen molar-refractivity contribution >= 4 is 0 Å². The fraction of sp³-hybridized carbons (Fsp3) is 0.750. The molecular weight excluding hydrogens is 250 g/mol. The second-order valence-electron chi connectivity index (χ2n) is 6.66. The molecule has 1 aliphatic heterocycles. The quantitative estimate of drug-likeness (QED) is 0.752. The zero-order valence-electron chi connectivity index (χ0n) is 13.1. The zero-order chi connectivity index (χ0) is 14.4. The summed E-state index contributed by atoms with van der Waals surface area (Å²) in [6.07, 6.45) is 4.39. The number of furan rings is 1. The number of likely N-dealkylation sites (tertiary alicyclic amines) is 1. The topological polar surface area (TPSA) is 40.4 Å². The lowest BCUT2D eigenvalue weighted by atomic mass is 10.1. The molecule has 2 rings (SSSR count). The van der Waals surface area contributed by atoms with E-state index in [1.807, 2.05) is 6.07 Å². The van der Waals surface area contributed by atoms with Gasteiger partial charge in [-0.1, -0.05) is 0 Å². The summed E-state index contributed by atoms with van der Waals surface area (Å²) in [6, 6.07) is 4.46. The van der Waals surface area contributed by atoms with Crippen molar-refractivity contribution in [3.8, 4) is 0 Å². The van der Waals surface area contributed by atoms with E-state index in [1.54, 1.807) is 6.26 Å². The molecule has 0 aromatic carbocycles. The molecule has 0 radical (unpaired) electrons. The maximum atomic E-state index is 5.62. The summed E-state index contributed by atoms with van der Waals surface area (Å²) < 4.78 is 5.62. The molecule has 1 aliphatic rings. The van der Waals surface area contributed by atoms with Crippen LogP contribution in [0.15, 0.2) is 22.8 Å². The van der Waals surface area contributed by atoms with E-state index in [1.165, 1.54) is 25.9 Å². The highest BCUT2D eigenvalue weighted by atomic mass is 16.3. The minimum atomic E-state index is 0.192. The Bertz CT molecular complexity index is 364. The summed E-state index contributed by atoms with van der Waals surface area (Å²) in [5.41, 5.74) is 0.192. The molecule has 1 aromatic heterocycles. The third-order valence-electron chi connectivity index (χ3n) is 3.75. The Labute approximate surface area is 122 Å². The van der Waals surface area contributed by atoms with Crippen LogP contribution in [0.2, 0.25) is 0 Å². The minimum absolute atomic E-state index is 0.192. The van der Waals surface area contributed by atoms with Crippen molar-refractivity contribution in [2.45, 2.75) is 45.2 Å².